The number of hydrogen-bond acceptors (Lipinski definition) is 2. The van der Waals surface area contributed by atoms with Gasteiger partial charge in [0.2, 0.25) is 5.91 Å². The lowest BCUT2D eigenvalue weighted by atomic mass is 9.97. The molecule has 0 bridgehead atoms. The molecule has 22 heavy (non-hydrogen) atoms. The summed E-state index contributed by atoms with van der Waals surface area (Å²) in [7, 11) is 1.60. The van der Waals surface area contributed by atoms with Crippen LogP contribution in [-0.4, -0.2) is 27.4 Å². The Balaban J connectivity index is 1.96. The highest BCUT2D eigenvalue weighted by molar-refractivity contribution is 5.76. The average Bonchev–Trinajstić information content (AvgIpc) is 2.96. The van der Waals surface area contributed by atoms with Gasteiger partial charge in [-0.15, -0.1) is 0 Å². The first kappa shape index (κ1) is 16.1. The van der Waals surface area contributed by atoms with Crippen molar-refractivity contribution < 1.29 is 13.6 Å². The number of carbonyl (C=O) groups is 1. The Morgan fingerprint density at radius 2 is 2.00 bits per heavy atom. The van der Waals surface area contributed by atoms with E-state index < -0.39 is 6.55 Å². The smallest absolute Gasteiger partial charge is 0.319 e. The third-order valence-corrected chi connectivity index (χ3v) is 3.61. The van der Waals surface area contributed by atoms with E-state index in [-0.39, 0.29) is 24.2 Å². The molecule has 0 radical (unpaired) electrons. The predicted octanol–water partition coefficient (Wildman–Crippen LogP) is 3.43. The third-order valence-electron chi connectivity index (χ3n) is 3.61. The first-order valence-electron chi connectivity index (χ1n) is 7.07. The van der Waals surface area contributed by atoms with E-state index in [2.05, 4.69) is 4.98 Å². The van der Waals surface area contributed by atoms with Crippen LogP contribution in [0.1, 0.15) is 37.2 Å². The summed E-state index contributed by atoms with van der Waals surface area (Å²) in [6.45, 7) is -0.608. The van der Waals surface area contributed by atoms with Crippen molar-refractivity contribution >= 4 is 5.91 Å². The number of benzene rings is 1. The third kappa shape index (κ3) is 3.90. The van der Waals surface area contributed by atoms with Gasteiger partial charge in [-0.1, -0.05) is 37.3 Å². The van der Waals surface area contributed by atoms with Crippen molar-refractivity contribution in [2.75, 3.05) is 7.05 Å². The van der Waals surface area contributed by atoms with E-state index in [0.717, 1.165) is 10.1 Å². The molecule has 2 rings (SSSR count). The number of nitrogens with zero attached hydrogens (tertiary/aromatic N) is 3. The largest absolute Gasteiger partial charge is 0.338 e. The molecule has 2 aromatic rings. The number of imidazole rings is 1. The van der Waals surface area contributed by atoms with Crippen LogP contribution in [0.4, 0.5) is 8.78 Å². The molecular weight excluding hydrogens is 288 g/mol. The lowest BCUT2D eigenvalue weighted by molar-refractivity contribution is -0.131. The molecule has 0 fully saturated rings. The lowest BCUT2D eigenvalue weighted by Crippen LogP contribution is -2.28. The number of carbonyl (C=O) groups excluding carboxylic acids is 1. The van der Waals surface area contributed by atoms with E-state index in [1.807, 2.05) is 37.3 Å². The summed E-state index contributed by atoms with van der Waals surface area (Å²) in [6.07, 6.45) is 2.85. The lowest BCUT2D eigenvalue weighted by Gasteiger charge is -2.20. The Hall–Kier alpha value is -2.24. The summed E-state index contributed by atoms with van der Waals surface area (Å²) in [6, 6.07) is 9.73. The summed E-state index contributed by atoms with van der Waals surface area (Å²) < 4.78 is 26.3. The van der Waals surface area contributed by atoms with Gasteiger partial charge in [0.15, 0.2) is 0 Å². The minimum atomic E-state index is -2.65. The van der Waals surface area contributed by atoms with E-state index >= 15 is 0 Å². The van der Waals surface area contributed by atoms with Crippen LogP contribution in [0, 0.1) is 0 Å². The fourth-order valence-electron chi connectivity index (χ4n) is 2.26. The second kappa shape index (κ2) is 7.15. The van der Waals surface area contributed by atoms with Crippen molar-refractivity contribution in [3.05, 3.63) is 54.1 Å². The number of amides is 1. The first-order valence-corrected chi connectivity index (χ1v) is 7.07. The number of halogens is 2. The highest BCUT2D eigenvalue weighted by Crippen LogP contribution is 2.20. The van der Waals surface area contributed by atoms with Gasteiger partial charge >= 0.3 is 6.55 Å². The Labute approximate surface area is 128 Å². The van der Waals surface area contributed by atoms with Crippen LogP contribution >= 0.6 is 0 Å². The zero-order valence-corrected chi connectivity index (χ0v) is 12.6. The zero-order chi connectivity index (χ0) is 16.1. The van der Waals surface area contributed by atoms with Crippen LogP contribution < -0.4 is 0 Å². The zero-order valence-electron chi connectivity index (χ0n) is 12.6. The maximum Gasteiger partial charge on any atom is 0.319 e. The second-order valence-corrected chi connectivity index (χ2v) is 5.29. The molecule has 0 spiro atoms. The van der Waals surface area contributed by atoms with Gasteiger partial charge in [-0.05, 0) is 11.5 Å². The van der Waals surface area contributed by atoms with Gasteiger partial charge in [0, 0.05) is 25.9 Å². The summed E-state index contributed by atoms with van der Waals surface area (Å²) in [5.41, 5.74) is 1.08. The van der Waals surface area contributed by atoms with Crippen LogP contribution in [0.2, 0.25) is 0 Å². The van der Waals surface area contributed by atoms with E-state index in [1.54, 1.807) is 7.05 Å². The molecule has 0 saturated carbocycles. The molecule has 1 heterocycles. The molecule has 0 aliphatic rings. The van der Waals surface area contributed by atoms with Gasteiger partial charge in [-0.3, -0.25) is 9.36 Å². The Morgan fingerprint density at radius 1 is 1.32 bits per heavy atom. The van der Waals surface area contributed by atoms with Gasteiger partial charge < -0.3 is 4.90 Å². The average molecular weight is 307 g/mol. The van der Waals surface area contributed by atoms with Crippen LogP contribution in [0.25, 0.3) is 0 Å². The number of alkyl halides is 2. The van der Waals surface area contributed by atoms with Crippen molar-refractivity contribution in [3.8, 4) is 0 Å². The quantitative estimate of drug-likeness (QED) is 0.820. The fourth-order valence-corrected chi connectivity index (χ4v) is 2.26. The molecular formula is C16H19F2N3O. The van der Waals surface area contributed by atoms with Crippen LogP contribution in [0.5, 0.6) is 0 Å². The molecule has 0 aliphatic heterocycles. The van der Waals surface area contributed by atoms with E-state index in [0.29, 0.717) is 6.42 Å². The minimum absolute atomic E-state index is 0.0671. The topological polar surface area (TPSA) is 38.1 Å². The maximum absolute atomic E-state index is 12.8. The summed E-state index contributed by atoms with van der Waals surface area (Å²) in [5.74, 6) is 0.157. The maximum atomic E-state index is 12.8. The first-order chi connectivity index (χ1) is 10.5. The standard InChI is InChI=1S/C16H19F2N3O/c1-12(13-6-4-3-5-7-13)10-15(22)20(2)11-14-19-8-9-21(14)16(17)18/h3-9,12,16H,10-11H2,1-2H3. The summed E-state index contributed by atoms with van der Waals surface area (Å²) in [4.78, 5) is 17.6. The second-order valence-electron chi connectivity index (χ2n) is 5.29. The molecule has 0 saturated heterocycles. The molecule has 1 unspecified atom stereocenters. The highest BCUT2D eigenvalue weighted by atomic mass is 19.3. The molecule has 0 N–H and O–H groups in total. The van der Waals surface area contributed by atoms with Gasteiger partial charge in [0.05, 0.1) is 6.54 Å². The normalized spacial score (nSPS) is 12.4. The van der Waals surface area contributed by atoms with Crippen LogP contribution in [0.15, 0.2) is 42.7 Å². The van der Waals surface area contributed by atoms with Crippen molar-refractivity contribution in [2.24, 2.45) is 0 Å². The summed E-state index contributed by atoms with van der Waals surface area (Å²) in [5, 5.41) is 0. The molecule has 6 heteroatoms. The summed E-state index contributed by atoms with van der Waals surface area (Å²) >= 11 is 0. The molecule has 1 aromatic heterocycles. The van der Waals surface area contributed by atoms with Crippen LogP contribution in [0.3, 0.4) is 0 Å². The number of rotatable bonds is 6. The molecule has 118 valence electrons. The molecule has 4 nitrogen and oxygen atoms in total. The Kier molecular flexibility index (Phi) is 5.25. The SMILES string of the molecule is CC(CC(=O)N(C)Cc1nccn1C(F)F)c1ccccc1. The predicted molar refractivity (Wildman–Crippen MR) is 79.4 cm³/mol. The van der Waals surface area contributed by atoms with E-state index in [1.165, 1.54) is 17.3 Å². The van der Waals surface area contributed by atoms with Gasteiger partial charge in [-0.2, -0.15) is 8.78 Å². The molecule has 0 aliphatic carbocycles. The van der Waals surface area contributed by atoms with E-state index in [9.17, 15) is 13.6 Å². The fraction of sp³-hybridized carbons (Fsp3) is 0.375. The van der Waals surface area contributed by atoms with Gasteiger partial charge in [-0.25, -0.2) is 4.98 Å². The van der Waals surface area contributed by atoms with Crippen molar-refractivity contribution in [2.45, 2.75) is 32.4 Å². The van der Waals surface area contributed by atoms with Crippen molar-refractivity contribution in [1.29, 1.82) is 0 Å². The monoisotopic (exact) mass is 307 g/mol. The molecule has 1 aromatic carbocycles. The van der Waals surface area contributed by atoms with Crippen LogP contribution in [-0.2, 0) is 11.3 Å². The van der Waals surface area contributed by atoms with Gasteiger partial charge in [0.25, 0.3) is 0 Å². The number of hydrogen-bond donors (Lipinski definition) is 0. The van der Waals surface area contributed by atoms with Crippen molar-refractivity contribution in [3.63, 3.8) is 0 Å². The van der Waals surface area contributed by atoms with E-state index in [4.69, 9.17) is 0 Å². The Morgan fingerprint density at radius 3 is 2.64 bits per heavy atom. The minimum Gasteiger partial charge on any atom is -0.338 e. The Bertz CT molecular complexity index is 613. The molecule has 1 atom stereocenters. The number of aromatic nitrogens is 2. The molecule has 1 amide bonds. The highest BCUT2D eigenvalue weighted by Gasteiger charge is 2.18. The van der Waals surface area contributed by atoms with Crippen molar-refractivity contribution in [1.82, 2.24) is 14.5 Å². The van der Waals surface area contributed by atoms with Gasteiger partial charge in [0.1, 0.15) is 5.82 Å².